The van der Waals surface area contributed by atoms with Crippen molar-refractivity contribution in [2.75, 3.05) is 25.0 Å². The van der Waals surface area contributed by atoms with Crippen LogP contribution in [0.15, 0.2) is 72.8 Å². The van der Waals surface area contributed by atoms with E-state index in [-0.39, 0.29) is 23.4 Å². The normalized spacial score (nSPS) is 15.3. The molecule has 200 valence electrons. The van der Waals surface area contributed by atoms with Gasteiger partial charge in [0.25, 0.3) is 5.91 Å². The van der Waals surface area contributed by atoms with Crippen LogP contribution in [0.2, 0.25) is 0 Å². The van der Waals surface area contributed by atoms with Crippen LogP contribution in [0.4, 0.5) is 14.5 Å². The third-order valence-electron chi connectivity index (χ3n) is 7.15. The maximum absolute atomic E-state index is 14.2. The van der Waals surface area contributed by atoms with Crippen LogP contribution in [0.25, 0.3) is 0 Å². The summed E-state index contributed by atoms with van der Waals surface area (Å²) in [7, 11) is 0. The van der Waals surface area contributed by atoms with Gasteiger partial charge >= 0.3 is 0 Å². The number of nitrogens with zero attached hydrogens (tertiary/aromatic N) is 1. The minimum Gasteiger partial charge on any atom is -0.345 e. The standard InChI is InChI=1S/C31H35F2N3O2/c1-21(2)30(37)34-26-10-6-9-24(19-26)22-13-16-36(17-14-22)18-15-29(23-7-4-3-5-8-23)35-31(38)27-12-11-25(32)20-28(27)33/h3-12,19-22,29H,13-18H2,1-2H3,(H,34,37)(H,35,38)/t29-/m0/s1. The van der Waals surface area contributed by atoms with Crippen LogP contribution in [0, 0.1) is 17.6 Å². The van der Waals surface area contributed by atoms with Crippen molar-refractivity contribution in [3.05, 3.63) is 101 Å². The minimum absolute atomic E-state index is 0.0131. The number of nitrogens with one attached hydrogen (secondary N) is 2. The monoisotopic (exact) mass is 519 g/mol. The molecule has 0 aromatic heterocycles. The van der Waals surface area contributed by atoms with Gasteiger partial charge in [-0.2, -0.15) is 0 Å². The summed E-state index contributed by atoms with van der Waals surface area (Å²) >= 11 is 0. The van der Waals surface area contributed by atoms with Gasteiger partial charge in [-0.15, -0.1) is 0 Å². The number of hydrogen-bond donors (Lipinski definition) is 2. The largest absolute Gasteiger partial charge is 0.345 e. The van der Waals surface area contributed by atoms with Crippen LogP contribution in [0.1, 0.15) is 66.6 Å². The number of amides is 2. The highest BCUT2D eigenvalue weighted by atomic mass is 19.1. The molecule has 0 aliphatic carbocycles. The van der Waals surface area contributed by atoms with Gasteiger partial charge in [-0.25, -0.2) is 8.78 Å². The Morgan fingerprint density at radius 1 is 0.947 bits per heavy atom. The summed E-state index contributed by atoms with van der Waals surface area (Å²) in [5.41, 5.74) is 2.85. The molecule has 1 atom stereocenters. The second-order valence-corrected chi connectivity index (χ2v) is 10.2. The summed E-state index contributed by atoms with van der Waals surface area (Å²) < 4.78 is 27.5. The number of carbonyl (C=O) groups is 2. The fraction of sp³-hybridized carbons (Fsp3) is 0.355. The Balaban J connectivity index is 1.35. The first kappa shape index (κ1) is 27.5. The van der Waals surface area contributed by atoms with E-state index in [4.69, 9.17) is 0 Å². The first-order valence-corrected chi connectivity index (χ1v) is 13.2. The quantitative estimate of drug-likeness (QED) is 0.349. The van der Waals surface area contributed by atoms with E-state index in [0.29, 0.717) is 12.3 Å². The molecule has 0 saturated carbocycles. The lowest BCUT2D eigenvalue weighted by molar-refractivity contribution is -0.118. The van der Waals surface area contributed by atoms with Crippen molar-refractivity contribution in [1.29, 1.82) is 0 Å². The average molecular weight is 520 g/mol. The Morgan fingerprint density at radius 3 is 2.37 bits per heavy atom. The van der Waals surface area contributed by atoms with E-state index in [1.165, 1.54) is 11.6 Å². The third kappa shape index (κ3) is 7.25. The van der Waals surface area contributed by atoms with Crippen LogP contribution in [0.3, 0.4) is 0 Å². The summed E-state index contributed by atoms with van der Waals surface area (Å²) in [6, 6.07) is 20.5. The maximum atomic E-state index is 14.2. The summed E-state index contributed by atoms with van der Waals surface area (Å²) in [6.07, 6.45) is 2.68. The predicted octanol–water partition coefficient (Wildman–Crippen LogP) is 6.30. The van der Waals surface area contributed by atoms with Crippen LogP contribution in [-0.2, 0) is 4.79 Å². The SMILES string of the molecule is CC(C)C(=O)Nc1cccc(C2CCN(CC[C@H](NC(=O)c3ccc(F)cc3F)c3ccccc3)CC2)c1. The molecule has 4 rings (SSSR count). The molecule has 1 aliphatic heterocycles. The van der Waals surface area contributed by atoms with Crippen molar-refractivity contribution in [1.82, 2.24) is 10.2 Å². The highest BCUT2D eigenvalue weighted by molar-refractivity contribution is 5.94. The van der Waals surface area contributed by atoms with Crippen molar-refractivity contribution in [2.45, 2.75) is 45.1 Å². The second-order valence-electron chi connectivity index (χ2n) is 10.2. The Labute approximate surface area is 223 Å². The fourth-order valence-electron chi connectivity index (χ4n) is 4.88. The Hall–Kier alpha value is -3.58. The van der Waals surface area contributed by atoms with E-state index >= 15 is 0 Å². The second kappa shape index (κ2) is 12.8. The number of rotatable bonds is 9. The summed E-state index contributed by atoms with van der Waals surface area (Å²) in [5, 5.41) is 5.94. The average Bonchev–Trinajstić information content (AvgIpc) is 2.91. The zero-order valence-corrected chi connectivity index (χ0v) is 21.9. The van der Waals surface area contributed by atoms with Crippen molar-refractivity contribution in [3.8, 4) is 0 Å². The third-order valence-corrected chi connectivity index (χ3v) is 7.15. The van der Waals surface area contributed by atoms with E-state index in [1.807, 2.05) is 56.3 Å². The minimum atomic E-state index is -0.871. The summed E-state index contributed by atoms with van der Waals surface area (Å²) in [4.78, 5) is 27.3. The molecule has 3 aromatic carbocycles. The summed E-state index contributed by atoms with van der Waals surface area (Å²) in [5.74, 6) is -1.77. The number of carbonyl (C=O) groups excluding carboxylic acids is 2. The van der Waals surface area contributed by atoms with Crippen molar-refractivity contribution in [3.63, 3.8) is 0 Å². The highest BCUT2D eigenvalue weighted by Gasteiger charge is 2.24. The van der Waals surface area contributed by atoms with E-state index in [1.54, 1.807) is 0 Å². The van der Waals surface area contributed by atoms with E-state index in [0.717, 1.165) is 55.9 Å². The van der Waals surface area contributed by atoms with Crippen LogP contribution >= 0.6 is 0 Å². The van der Waals surface area contributed by atoms with Gasteiger partial charge in [0.1, 0.15) is 11.6 Å². The molecule has 0 radical (unpaired) electrons. The Kier molecular flexibility index (Phi) is 9.24. The summed E-state index contributed by atoms with van der Waals surface area (Å²) in [6.45, 7) is 6.39. The molecule has 1 saturated heterocycles. The lowest BCUT2D eigenvalue weighted by Crippen LogP contribution is -2.37. The molecule has 2 N–H and O–H groups in total. The zero-order chi connectivity index (χ0) is 27.1. The van der Waals surface area contributed by atoms with Gasteiger partial charge in [0.15, 0.2) is 0 Å². The van der Waals surface area contributed by atoms with Gasteiger partial charge in [-0.05, 0) is 73.7 Å². The maximum Gasteiger partial charge on any atom is 0.254 e. The number of anilines is 1. The molecule has 5 nitrogen and oxygen atoms in total. The zero-order valence-electron chi connectivity index (χ0n) is 21.9. The van der Waals surface area contributed by atoms with Gasteiger partial charge in [-0.1, -0.05) is 56.3 Å². The van der Waals surface area contributed by atoms with Crippen molar-refractivity contribution >= 4 is 17.5 Å². The molecule has 0 unspecified atom stereocenters. The van der Waals surface area contributed by atoms with Gasteiger partial charge < -0.3 is 15.5 Å². The number of likely N-dealkylation sites (tertiary alicyclic amines) is 1. The molecule has 0 spiro atoms. The van der Waals surface area contributed by atoms with Crippen molar-refractivity contribution < 1.29 is 18.4 Å². The van der Waals surface area contributed by atoms with E-state index in [2.05, 4.69) is 27.7 Å². The number of benzene rings is 3. The molecule has 0 bridgehead atoms. The fourth-order valence-corrected chi connectivity index (χ4v) is 4.88. The molecule has 2 amide bonds. The predicted molar refractivity (Wildman–Crippen MR) is 146 cm³/mol. The highest BCUT2D eigenvalue weighted by Crippen LogP contribution is 2.30. The van der Waals surface area contributed by atoms with Gasteiger partial charge in [0.05, 0.1) is 11.6 Å². The molecule has 1 aliphatic rings. The smallest absolute Gasteiger partial charge is 0.254 e. The van der Waals surface area contributed by atoms with Gasteiger partial charge in [-0.3, -0.25) is 9.59 Å². The number of hydrogen-bond acceptors (Lipinski definition) is 3. The molecular formula is C31H35F2N3O2. The lowest BCUT2D eigenvalue weighted by atomic mass is 9.89. The first-order valence-electron chi connectivity index (χ1n) is 13.2. The Bertz CT molecular complexity index is 1240. The van der Waals surface area contributed by atoms with Gasteiger partial charge in [0.2, 0.25) is 5.91 Å². The molecule has 7 heteroatoms. The van der Waals surface area contributed by atoms with E-state index < -0.39 is 17.5 Å². The molecule has 3 aromatic rings. The van der Waals surface area contributed by atoms with E-state index in [9.17, 15) is 18.4 Å². The molecule has 38 heavy (non-hydrogen) atoms. The van der Waals surface area contributed by atoms with Gasteiger partial charge in [0, 0.05) is 24.2 Å². The molecule has 1 fully saturated rings. The molecular weight excluding hydrogens is 484 g/mol. The van der Waals surface area contributed by atoms with Crippen LogP contribution in [0.5, 0.6) is 0 Å². The topological polar surface area (TPSA) is 61.4 Å². The number of piperidine rings is 1. The number of halogens is 2. The van der Waals surface area contributed by atoms with Crippen molar-refractivity contribution in [2.24, 2.45) is 5.92 Å². The Morgan fingerprint density at radius 2 is 1.68 bits per heavy atom. The van der Waals surface area contributed by atoms with Crippen LogP contribution in [-0.4, -0.2) is 36.3 Å². The first-order chi connectivity index (χ1) is 18.3. The molecule has 1 heterocycles. The lowest BCUT2D eigenvalue weighted by Gasteiger charge is -2.33. The van der Waals surface area contributed by atoms with Crippen LogP contribution < -0.4 is 10.6 Å².